The molecule has 0 N–H and O–H groups in total. The minimum absolute atomic E-state index is 0.814. The Morgan fingerprint density at radius 1 is 0.913 bits per heavy atom. The van der Waals surface area contributed by atoms with Crippen LogP contribution in [0.2, 0.25) is 0 Å². The first kappa shape index (κ1) is 14.0. The third-order valence-electron chi connectivity index (χ3n) is 3.54. The maximum absolute atomic E-state index is 4.80. The lowest BCUT2D eigenvalue weighted by atomic mass is 10.1. The lowest BCUT2D eigenvalue weighted by Crippen LogP contribution is -1.96. The predicted molar refractivity (Wildman–Crippen MR) is 92.2 cm³/mol. The molecule has 112 valence electrons. The molecular weight excluding hydrogens is 304 g/mol. The van der Waals surface area contributed by atoms with Gasteiger partial charge in [0.2, 0.25) is 0 Å². The van der Waals surface area contributed by atoms with Gasteiger partial charge in [0.25, 0.3) is 0 Å². The van der Waals surface area contributed by atoms with Crippen LogP contribution in [0.15, 0.2) is 78.2 Å². The average molecular weight is 318 g/mol. The molecule has 0 unspecified atom stereocenters. The Bertz CT molecular complexity index is 920. The molecule has 0 aliphatic carbocycles. The van der Waals surface area contributed by atoms with E-state index < -0.39 is 0 Å². The van der Waals surface area contributed by atoms with Gasteiger partial charge in [-0.15, -0.1) is 10.2 Å². The van der Waals surface area contributed by atoms with Gasteiger partial charge in [-0.2, -0.15) is 0 Å². The molecule has 2 aromatic heterocycles. The highest BCUT2D eigenvalue weighted by Crippen LogP contribution is 2.26. The molecule has 0 fully saturated rings. The Balaban J connectivity index is 1.71. The molecule has 0 radical (unpaired) electrons. The van der Waals surface area contributed by atoms with Crippen molar-refractivity contribution in [3.8, 4) is 11.3 Å². The van der Waals surface area contributed by atoms with Crippen molar-refractivity contribution in [2.24, 2.45) is 0 Å². The van der Waals surface area contributed by atoms with Gasteiger partial charge in [-0.1, -0.05) is 72.4 Å². The summed E-state index contributed by atoms with van der Waals surface area (Å²) in [5.74, 6) is 0.860. The summed E-state index contributed by atoms with van der Waals surface area (Å²) >= 11 is 1.69. The quantitative estimate of drug-likeness (QED) is 0.420. The molecule has 0 saturated carbocycles. The number of thioether (sulfide) groups is 1. The van der Waals surface area contributed by atoms with Gasteiger partial charge in [-0.25, -0.2) is 4.98 Å². The fourth-order valence-corrected chi connectivity index (χ4v) is 3.31. The van der Waals surface area contributed by atoms with Crippen molar-refractivity contribution in [1.29, 1.82) is 0 Å². The van der Waals surface area contributed by atoms with Crippen molar-refractivity contribution in [3.05, 3.63) is 78.6 Å². The van der Waals surface area contributed by atoms with Crippen molar-refractivity contribution in [1.82, 2.24) is 19.6 Å². The highest BCUT2D eigenvalue weighted by molar-refractivity contribution is 7.98. The van der Waals surface area contributed by atoms with Crippen LogP contribution in [0.1, 0.15) is 5.56 Å². The zero-order valence-corrected chi connectivity index (χ0v) is 13.1. The molecular formula is C18H14N4S. The van der Waals surface area contributed by atoms with Gasteiger partial charge in [0.1, 0.15) is 6.33 Å². The molecule has 23 heavy (non-hydrogen) atoms. The maximum Gasteiger partial charge on any atom is 0.175 e. The average Bonchev–Trinajstić information content (AvgIpc) is 3.10. The predicted octanol–water partition coefficient (Wildman–Crippen LogP) is 4.08. The van der Waals surface area contributed by atoms with Gasteiger partial charge in [0, 0.05) is 17.4 Å². The Morgan fingerprint density at radius 2 is 1.65 bits per heavy atom. The largest absolute Gasteiger partial charge is 0.260 e. The van der Waals surface area contributed by atoms with Crippen LogP contribution in [0.5, 0.6) is 0 Å². The smallest absolute Gasteiger partial charge is 0.175 e. The minimum atomic E-state index is 0.814. The molecule has 2 heterocycles. The third kappa shape index (κ3) is 2.96. The molecule has 0 aliphatic heterocycles. The summed E-state index contributed by atoms with van der Waals surface area (Å²) < 4.78 is 1.93. The number of fused-ring (bicyclic) bond motifs is 1. The van der Waals surface area contributed by atoms with Gasteiger partial charge in [-0.3, -0.25) is 4.40 Å². The molecule has 0 amide bonds. The highest BCUT2D eigenvalue weighted by atomic mass is 32.2. The second-order valence-electron chi connectivity index (χ2n) is 5.12. The number of rotatable bonds is 4. The minimum Gasteiger partial charge on any atom is -0.260 e. The molecule has 4 rings (SSSR count). The lowest BCUT2D eigenvalue weighted by Gasteiger charge is -2.07. The first-order chi connectivity index (χ1) is 11.4. The summed E-state index contributed by atoms with van der Waals surface area (Å²) in [7, 11) is 0. The molecule has 0 bridgehead atoms. The van der Waals surface area contributed by atoms with E-state index in [0.717, 1.165) is 27.8 Å². The van der Waals surface area contributed by atoms with Crippen LogP contribution in [0.3, 0.4) is 0 Å². The maximum atomic E-state index is 4.80. The molecule has 5 heteroatoms. The molecule has 0 aliphatic rings. The first-order valence-corrected chi connectivity index (χ1v) is 8.32. The van der Waals surface area contributed by atoms with Crippen LogP contribution >= 0.6 is 11.8 Å². The van der Waals surface area contributed by atoms with E-state index in [2.05, 4.69) is 46.6 Å². The third-order valence-corrected chi connectivity index (χ3v) is 4.57. The van der Waals surface area contributed by atoms with Crippen molar-refractivity contribution >= 4 is 17.4 Å². The van der Waals surface area contributed by atoms with Gasteiger partial charge >= 0.3 is 0 Å². The summed E-state index contributed by atoms with van der Waals surface area (Å²) in [5, 5.41) is 9.09. The monoisotopic (exact) mass is 318 g/mol. The van der Waals surface area contributed by atoms with E-state index in [9.17, 15) is 0 Å². The van der Waals surface area contributed by atoms with E-state index in [1.807, 2.05) is 34.7 Å². The molecule has 4 aromatic rings. The van der Waals surface area contributed by atoms with Gasteiger partial charge < -0.3 is 0 Å². The molecule has 0 spiro atoms. The first-order valence-electron chi connectivity index (χ1n) is 7.33. The Hall–Kier alpha value is -2.66. The van der Waals surface area contributed by atoms with Gasteiger partial charge in [0.15, 0.2) is 10.8 Å². The highest BCUT2D eigenvalue weighted by Gasteiger charge is 2.09. The number of hydrogen-bond donors (Lipinski definition) is 0. The lowest BCUT2D eigenvalue weighted by molar-refractivity contribution is 0.901. The van der Waals surface area contributed by atoms with Crippen LogP contribution in [0.4, 0.5) is 0 Å². The summed E-state index contributed by atoms with van der Waals surface area (Å²) in [5.41, 5.74) is 4.08. The van der Waals surface area contributed by atoms with E-state index >= 15 is 0 Å². The second kappa shape index (κ2) is 6.22. The molecule has 0 saturated heterocycles. The fraction of sp³-hybridized carbons (Fsp3) is 0.0556. The van der Waals surface area contributed by atoms with Crippen LogP contribution in [-0.2, 0) is 5.75 Å². The normalized spacial score (nSPS) is 11.0. The SMILES string of the molecule is c1ccc(CSc2nc(-c3ccccc3)cc3nncn23)cc1. The molecule has 4 nitrogen and oxygen atoms in total. The van der Waals surface area contributed by atoms with Crippen molar-refractivity contribution in [3.63, 3.8) is 0 Å². The summed E-state index contributed by atoms with van der Waals surface area (Å²) in [6, 6.07) is 22.5. The second-order valence-corrected chi connectivity index (χ2v) is 6.07. The van der Waals surface area contributed by atoms with Crippen LogP contribution in [-0.4, -0.2) is 19.6 Å². The Morgan fingerprint density at radius 3 is 2.43 bits per heavy atom. The Kier molecular flexibility index (Phi) is 3.78. The van der Waals surface area contributed by atoms with Crippen molar-refractivity contribution in [2.45, 2.75) is 10.9 Å². The zero-order valence-electron chi connectivity index (χ0n) is 12.3. The number of aromatic nitrogens is 4. The van der Waals surface area contributed by atoms with E-state index in [0.29, 0.717) is 0 Å². The fourth-order valence-electron chi connectivity index (χ4n) is 2.38. The van der Waals surface area contributed by atoms with Crippen LogP contribution in [0, 0.1) is 0 Å². The summed E-state index contributed by atoms with van der Waals surface area (Å²) in [4.78, 5) is 4.80. The number of hydrogen-bond acceptors (Lipinski definition) is 4. The molecule has 2 aromatic carbocycles. The van der Waals surface area contributed by atoms with E-state index in [-0.39, 0.29) is 0 Å². The Labute approximate surface area is 138 Å². The van der Waals surface area contributed by atoms with Crippen LogP contribution < -0.4 is 0 Å². The van der Waals surface area contributed by atoms with Gasteiger partial charge in [0.05, 0.1) is 5.69 Å². The van der Waals surface area contributed by atoms with E-state index in [4.69, 9.17) is 4.98 Å². The number of benzene rings is 2. The summed E-state index contributed by atoms with van der Waals surface area (Å²) in [6.45, 7) is 0. The standard InChI is InChI=1S/C18H14N4S/c1-3-7-14(8-4-1)12-23-18-20-16(15-9-5-2-6-10-15)11-17-21-19-13-22(17)18/h1-11,13H,12H2. The molecule has 0 atom stereocenters. The van der Waals surface area contributed by atoms with Crippen molar-refractivity contribution in [2.75, 3.05) is 0 Å². The number of nitrogens with zero attached hydrogens (tertiary/aromatic N) is 4. The van der Waals surface area contributed by atoms with E-state index in [1.54, 1.807) is 18.1 Å². The topological polar surface area (TPSA) is 43.1 Å². The zero-order chi connectivity index (χ0) is 15.5. The van der Waals surface area contributed by atoms with E-state index in [1.165, 1.54) is 5.56 Å². The van der Waals surface area contributed by atoms with Gasteiger partial charge in [-0.05, 0) is 5.56 Å². The summed E-state index contributed by atoms with van der Waals surface area (Å²) in [6.07, 6.45) is 1.71. The van der Waals surface area contributed by atoms with Crippen molar-refractivity contribution < 1.29 is 0 Å². The van der Waals surface area contributed by atoms with Crippen LogP contribution in [0.25, 0.3) is 16.9 Å².